The Labute approximate surface area is 106 Å². The number of amides is 1. The van der Waals surface area contributed by atoms with Crippen LogP contribution < -0.4 is 5.32 Å². The van der Waals surface area contributed by atoms with E-state index in [0.717, 1.165) is 23.9 Å². The Kier molecular flexibility index (Phi) is 4.28. The van der Waals surface area contributed by atoms with Crippen LogP contribution in [0.4, 0.5) is 4.79 Å². The molecule has 0 bridgehead atoms. The number of aromatic nitrogens is 3. The number of para-hydroxylation sites is 1. The number of fused-ring (bicyclic) bond motifs is 1. The van der Waals surface area contributed by atoms with Gasteiger partial charge in [-0.05, 0) is 18.6 Å². The quantitative estimate of drug-likeness (QED) is 0.825. The van der Waals surface area contributed by atoms with E-state index >= 15 is 0 Å². The number of carbonyl (C=O) groups excluding carboxylic acids is 1. The summed E-state index contributed by atoms with van der Waals surface area (Å²) in [6.45, 7) is 2.85. The molecule has 0 aliphatic rings. The highest BCUT2D eigenvalue weighted by Crippen LogP contribution is 2.08. The van der Waals surface area contributed by atoms with Gasteiger partial charge in [0, 0.05) is 6.54 Å². The molecule has 5 heteroatoms. The lowest BCUT2D eigenvalue weighted by atomic mass is 10.2. The minimum absolute atomic E-state index is 0.208. The third kappa shape index (κ3) is 2.85. The van der Waals surface area contributed by atoms with Gasteiger partial charge in [-0.15, -0.1) is 5.10 Å². The van der Waals surface area contributed by atoms with Crippen molar-refractivity contribution >= 4 is 17.1 Å². The summed E-state index contributed by atoms with van der Waals surface area (Å²) in [5.74, 6) is 0. The third-order valence-electron chi connectivity index (χ3n) is 2.85. The maximum Gasteiger partial charge on any atom is 0.344 e. The minimum Gasteiger partial charge on any atom is -0.336 e. The van der Waals surface area contributed by atoms with Crippen LogP contribution in [-0.2, 0) is 0 Å². The van der Waals surface area contributed by atoms with Gasteiger partial charge in [0.1, 0.15) is 5.52 Å². The third-order valence-corrected chi connectivity index (χ3v) is 2.85. The Hall–Kier alpha value is -1.91. The van der Waals surface area contributed by atoms with Crippen LogP contribution in [0, 0.1) is 0 Å². The Morgan fingerprint density at radius 3 is 2.94 bits per heavy atom. The number of nitrogens with one attached hydrogen (secondary N) is 1. The molecular formula is C13H18N4O. The summed E-state index contributed by atoms with van der Waals surface area (Å²) >= 11 is 0. The molecule has 0 fully saturated rings. The van der Waals surface area contributed by atoms with E-state index < -0.39 is 0 Å². The molecule has 0 aliphatic heterocycles. The minimum atomic E-state index is -0.208. The van der Waals surface area contributed by atoms with E-state index in [2.05, 4.69) is 22.6 Å². The van der Waals surface area contributed by atoms with Gasteiger partial charge in [-0.25, -0.2) is 4.79 Å². The molecule has 2 rings (SSSR count). The first kappa shape index (κ1) is 12.5. The van der Waals surface area contributed by atoms with E-state index in [4.69, 9.17) is 0 Å². The molecule has 0 saturated heterocycles. The topological polar surface area (TPSA) is 59.8 Å². The summed E-state index contributed by atoms with van der Waals surface area (Å²) in [6, 6.07) is 7.22. The van der Waals surface area contributed by atoms with Crippen molar-refractivity contribution in [1.29, 1.82) is 0 Å². The van der Waals surface area contributed by atoms with Gasteiger partial charge in [-0.3, -0.25) is 0 Å². The van der Waals surface area contributed by atoms with Crippen LogP contribution in [0.15, 0.2) is 24.3 Å². The second-order valence-electron chi connectivity index (χ2n) is 4.28. The van der Waals surface area contributed by atoms with Crippen molar-refractivity contribution in [1.82, 2.24) is 20.3 Å². The van der Waals surface area contributed by atoms with Crippen molar-refractivity contribution in [3.05, 3.63) is 24.3 Å². The van der Waals surface area contributed by atoms with Gasteiger partial charge in [-0.2, -0.15) is 4.68 Å². The average molecular weight is 246 g/mol. The number of carbonyl (C=O) groups is 1. The fourth-order valence-corrected chi connectivity index (χ4v) is 1.84. The van der Waals surface area contributed by atoms with Crippen LogP contribution in [0.2, 0.25) is 0 Å². The van der Waals surface area contributed by atoms with Crippen molar-refractivity contribution in [3.63, 3.8) is 0 Å². The maximum atomic E-state index is 11.9. The van der Waals surface area contributed by atoms with Crippen LogP contribution in [0.1, 0.15) is 32.6 Å². The molecule has 0 aliphatic carbocycles. The Balaban J connectivity index is 1.93. The first-order chi connectivity index (χ1) is 8.83. The standard InChI is InChI=1S/C13H18N4O/c1-2-3-4-7-10-14-13(18)17-12-9-6-5-8-11(12)15-16-17/h5-6,8-9H,2-4,7,10H2,1H3,(H,14,18). The van der Waals surface area contributed by atoms with Crippen LogP contribution in [0.3, 0.4) is 0 Å². The molecule has 2 aromatic rings. The predicted octanol–water partition coefficient (Wildman–Crippen LogP) is 2.57. The summed E-state index contributed by atoms with van der Waals surface area (Å²) in [5.41, 5.74) is 1.47. The normalized spacial score (nSPS) is 10.7. The molecule has 0 unspecified atom stereocenters. The van der Waals surface area contributed by atoms with Crippen LogP contribution in [0.25, 0.3) is 11.0 Å². The fourth-order valence-electron chi connectivity index (χ4n) is 1.84. The lowest BCUT2D eigenvalue weighted by molar-refractivity contribution is 0.239. The monoisotopic (exact) mass is 246 g/mol. The fraction of sp³-hybridized carbons (Fsp3) is 0.462. The van der Waals surface area contributed by atoms with E-state index in [0.29, 0.717) is 6.54 Å². The van der Waals surface area contributed by atoms with Crippen molar-refractivity contribution < 1.29 is 4.79 Å². The predicted molar refractivity (Wildman–Crippen MR) is 70.5 cm³/mol. The highest BCUT2D eigenvalue weighted by Gasteiger charge is 2.09. The largest absolute Gasteiger partial charge is 0.344 e. The van der Waals surface area contributed by atoms with Crippen molar-refractivity contribution in [3.8, 4) is 0 Å². The zero-order valence-electron chi connectivity index (χ0n) is 10.6. The first-order valence-corrected chi connectivity index (χ1v) is 6.41. The number of nitrogens with zero attached hydrogens (tertiary/aromatic N) is 3. The second kappa shape index (κ2) is 6.14. The molecule has 1 aromatic carbocycles. The number of hydrogen-bond donors (Lipinski definition) is 1. The smallest absolute Gasteiger partial charge is 0.336 e. The summed E-state index contributed by atoms with van der Waals surface area (Å²) in [5, 5.41) is 10.7. The van der Waals surface area contributed by atoms with Crippen molar-refractivity contribution in [2.45, 2.75) is 32.6 Å². The van der Waals surface area contributed by atoms with E-state index in [9.17, 15) is 4.79 Å². The zero-order chi connectivity index (χ0) is 12.8. The van der Waals surface area contributed by atoms with Gasteiger partial charge in [0.05, 0.1) is 5.52 Å². The summed E-state index contributed by atoms with van der Waals surface area (Å²) in [6.07, 6.45) is 4.56. The van der Waals surface area contributed by atoms with Crippen LogP contribution in [0.5, 0.6) is 0 Å². The van der Waals surface area contributed by atoms with Gasteiger partial charge in [-0.1, -0.05) is 43.5 Å². The van der Waals surface area contributed by atoms with Crippen molar-refractivity contribution in [2.75, 3.05) is 6.54 Å². The van der Waals surface area contributed by atoms with Crippen LogP contribution >= 0.6 is 0 Å². The van der Waals surface area contributed by atoms with Gasteiger partial charge >= 0.3 is 6.03 Å². The summed E-state index contributed by atoms with van der Waals surface area (Å²) < 4.78 is 1.31. The molecule has 1 N–H and O–H groups in total. The Morgan fingerprint density at radius 1 is 1.28 bits per heavy atom. The molecule has 96 valence electrons. The lowest BCUT2D eigenvalue weighted by Gasteiger charge is -2.04. The molecule has 1 heterocycles. The van der Waals surface area contributed by atoms with E-state index in [1.54, 1.807) is 0 Å². The number of benzene rings is 1. The molecule has 0 radical (unpaired) electrons. The maximum absolute atomic E-state index is 11.9. The second-order valence-corrected chi connectivity index (χ2v) is 4.28. The molecule has 1 amide bonds. The van der Waals surface area contributed by atoms with Gasteiger partial charge in [0.15, 0.2) is 0 Å². The highest BCUT2D eigenvalue weighted by atomic mass is 16.2. The van der Waals surface area contributed by atoms with E-state index in [1.165, 1.54) is 17.5 Å². The highest BCUT2D eigenvalue weighted by molar-refractivity contribution is 5.87. The summed E-state index contributed by atoms with van der Waals surface area (Å²) in [7, 11) is 0. The molecular weight excluding hydrogens is 228 g/mol. The van der Waals surface area contributed by atoms with E-state index in [-0.39, 0.29) is 6.03 Å². The van der Waals surface area contributed by atoms with Crippen LogP contribution in [-0.4, -0.2) is 27.6 Å². The molecule has 18 heavy (non-hydrogen) atoms. The Morgan fingerprint density at radius 2 is 2.11 bits per heavy atom. The molecule has 0 spiro atoms. The van der Waals surface area contributed by atoms with Crippen molar-refractivity contribution in [2.24, 2.45) is 0 Å². The SMILES string of the molecule is CCCCCCNC(=O)n1nnc2ccccc21. The van der Waals surface area contributed by atoms with Gasteiger partial charge in [0.2, 0.25) is 0 Å². The van der Waals surface area contributed by atoms with E-state index in [1.807, 2.05) is 24.3 Å². The van der Waals surface area contributed by atoms with Gasteiger partial charge < -0.3 is 5.32 Å². The molecule has 1 aromatic heterocycles. The van der Waals surface area contributed by atoms with Gasteiger partial charge in [0.25, 0.3) is 0 Å². The molecule has 0 saturated carbocycles. The number of hydrogen-bond acceptors (Lipinski definition) is 3. The average Bonchev–Trinajstić information content (AvgIpc) is 2.82. The molecule has 0 atom stereocenters. The zero-order valence-corrected chi connectivity index (χ0v) is 10.6. The summed E-state index contributed by atoms with van der Waals surface area (Å²) in [4.78, 5) is 11.9. The lowest BCUT2D eigenvalue weighted by Crippen LogP contribution is -2.30. The first-order valence-electron chi connectivity index (χ1n) is 6.41. The number of rotatable bonds is 5. The Bertz CT molecular complexity index is 520. The number of unbranched alkanes of at least 4 members (excludes halogenated alkanes) is 3. The molecule has 5 nitrogen and oxygen atoms in total.